The number of nitrogens with zero attached hydrogens (tertiary/aromatic N) is 2. The van der Waals surface area contributed by atoms with Crippen molar-refractivity contribution in [3.8, 4) is 0 Å². The molecule has 0 saturated heterocycles. The number of aryl methyl sites for hydroxylation is 1. The summed E-state index contributed by atoms with van der Waals surface area (Å²) in [5.41, 5.74) is -0.178. The molecule has 0 aliphatic heterocycles. The summed E-state index contributed by atoms with van der Waals surface area (Å²) in [6.45, 7) is 2.23. The molecule has 0 aliphatic carbocycles. The van der Waals surface area contributed by atoms with Gasteiger partial charge in [0.05, 0.1) is 15.9 Å². The molecular formula is C13H16ClN3O2. The molecule has 1 aromatic carbocycles. The predicted molar refractivity (Wildman–Crippen MR) is 77.0 cm³/mol. The van der Waals surface area contributed by atoms with Crippen LogP contribution in [0, 0.1) is 0 Å². The van der Waals surface area contributed by atoms with Gasteiger partial charge in [-0.2, -0.15) is 0 Å². The molecule has 1 heterocycles. The van der Waals surface area contributed by atoms with Crippen LogP contribution in [0.4, 0.5) is 0 Å². The van der Waals surface area contributed by atoms with Crippen LogP contribution in [0.15, 0.2) is 27.8 Å². The van der Waals surface area contributed by atoms with E-state index in [2.05, 4.69) is 5.32 Å². The lowest BCUT2D eigenvalue weighted by atomic mass is 10.2. The average Bonchev–Trinajstić information content (AvgIpc) is 2.40. The molecule has 0 spiro atoms. The van der Waals surface area contributed by atoms with Crippen molar-refractivity contribution in [2.24, 2.45) is 7.05 Å². The minimum Gasteiger partial charge on any atom is -0.315 e. The molecule has 1 N–H and O–H groups in total. The van der Waals surface area contributed by atoms with Crippen molar-refractivity contribution in [2.75, 3.05) is 7.05 Å². The van der Waals surface area contributed by atoms with Crippen LogP contribution >= 0.6 is 11.6 Å². The van der Waals surface area contributed by atoms with Gasteiger partial charge in [0.25, 0.3) is 5.56 Å². The van der Waals surface area contributed by atoms with E-state index in [1.165, 1.54) is 9.13 Å². The topological polar surface area (TPSA) is 56.0 Å². The Morgan fingerprint density at radius 1 is 1.37 bits per heavy atom. The maximum absolute atomic E-state index is 12.4. The summed E-state index contributed by atoms with van der Waals surface area (Å²) in [5, 5.41) is 3.87. The van der Waals surface area contributed by atoms with E-state index >= 15 is 0 Å². The molecule has 0 fully saturated rings. The second kappa shape index (κ2) is 5.19. The molecule has 102 valence electrons. The Hall–Kier alpha value is -1.59. The summed E-state index contributed by atoms with van der Waals surface area (Å²) in [6.07, 6.45) is 0. The highest BCUT2D eigenvalue weighted by molar-refractivity contribution is 6.35. The Bertz CT molecular complexity index is 733. The number of rotatable bonds is 3. The van der Waals surface area contributed by atoms with E-state index in [9.17, 15) is 9.59 Å². The minimum atomic E-state index is -0.354. The maximum Gasteiger partial charge on any atom is 0.331 e. The third-order valence-corrected chi connectivity index (χ3v) is 3.57. The van der Waals surface area contributed by atoms with Gasteiger partial charge < -0.3 is 5.32 Å². The normalized spacial score (nSPS) is 12.8. The first kappa shape index (κ1) is 13.8. The molecule has 19 heavy (non-hydrogen) atoms. The largest absolute Gasteiger partial charge is 0.331 e. The van der Waals surface area contributed by atoms with Gasteiger partial charge in [-0.05, 0) is 26.1 Å². The number of aromatic nitrogens is 2. The molecule has 2 aromatic rings. The fourth-order valence-corrected chi connectivity index (χ4v) is 2.37. The van der Waals surface area contributed by atoms with Crippen molar-refractivity contribution in [3.63, 3.8) is 0 Å². The van der Waals surface area contributed by atoms with Gasteiger partial charge in [0.2, 0.25) is 0 Å². The molecule has 1 aromatic heterocycles. The SMILES string of the molecule is CNC(C)Cn1c(=O)c2cccc(Cl)c2n(C)c1=O. The van der Waals surface area contributed by atoms with E-state index in [-0.39, 0.29) is 17.3 Å². The van der Waals surface area contributed by atoms with E-state index in [1.54, 1.807) is 32.3 Å². The molecule has 0 saturated carbocycles. The summed E-state index contributed by atoms with van der Waals surface area (Å²) >= 11 is 6.07. The lowest BCUT2D eigenvalue weighted by Crippen LogP contribution is -2.43. The van der Waals surface area contributed by atoms with Gasteiger partial charge in [-0.15, -0.1) is 0 Å². The minimum absolute atomic E-state index is 0.0297. The van der Waals surface area contributed by atoms with Crippen LogP contribution in [0.3, 0.4) is 0 Å². The highest BCUT2D eigenvalue weighted by Crippen LogP contribution is 2.18. The van der Waals surface area contributed by atoms with E-state index < -0.39 is 0 Å². The average molecular weight is 282 g/mol. The Morgan fingerprint density at radius 2 is 2.05 bits per heavy atom. The van der Waals surface area contributed by atoms with Crippen LogP contribution in [0.25, 0.3) is 10.9 Å². The first-order chi connectivity index (χ1) is 8.97. The molecule has 0 radical (unpaired) electrons. The number of benzene rings is 1. The smallest absolute Gasteiger partial charge is 0.315 e. The zero-order valence-corrected chi connectivity index (χ0v) is 11.9. The van der Waals surface area contributed by atoms with Crippen molar-refractivity contribution in [1.82, 2.24) is 14.5 Å². The summed E-state index contributed by atoms with van der Waals surface area (Å²) < 4.78 is 2.65. The molecule has 6 heteroatoms. The monoisotopic (exact) mass is 281 g/mol. The Labute approximate surface area is 115 Å². The molecule has 1 atom stereocenters. The van der Waals surface area contributed by atoms with Crippen molar-refractivity contribution in [1.29, 1.82) is 0 Å². The molecule has 2 rings (SSSR count). The van der Waals surface area contributed by atoms with E-state index in [0.29, 0.717) is 22.5 Å². The van der Waals surface area contributed by atoms with Crippen molar-refractivity contribution in [3.05, 3.63) is 44.1 Å². The van der Waals surface area contributed by atoms with Crippen molar-refractivity contribution >= 4 is 22.5 Å². The number of nitrogens with one attached hydrogen (secondary N) is 1. The summed E-state index contributed by atoms with van der Waals surface area (Å²) in [4.78, 5) is 24.6. The number of fused-ring (bicyclic) bond motifs is 1. The van der Waals surface area contributed by atoms with Crippen LogP contribution in [-0.4, -0.2) is 22.2 Å². The second-order valence-corrected chi connectivity index (χ2v) is 4.99. The van der Waals surface area contributed by atoms with Gasteiger partial charge in [-0.25, -0.2) is 4.79 Å². The molecule has 5 nitrogen and oxygen atoms in total. The number of hydrogen-bond donors (Lipinski definition) is 1. The zero-order valence-electron chi connectivity index (χ0n) is 11.1. The molecule has 0 aliphatic rings. The number of para-hydroxylation sites is 1. The fourth-order valence-electron chi connectivity index (χ4n) is 2.06. The highest BCUT2D eigenvalue weighted by atomic mass is 35.5. The van der Waals surface area contributed by atoms with Crippen LogP contribution < -0.4 is 16.6 Å². The number of hydrogen-bond acceptors (Lipinski definition) is 3. The van der Waals surface area contributed by atoms with Crippen molar-refractivity contribution < 1.29 is 0 Å². The van der Waals surface area contributed by atoms with Crippen LogP contribution in [0.5, 0.6) is 0 Å². The first-order valence-electron chi connectivity index (χ1n) is 6.02. The quantitative estimate of drug-likeness (QED) is 0.912. The van der Waals surface area contributed by atoms with E-state index in [0.717, 1.165) is 0 Å². The number of halogens is 1. The summed E-state index contributed by atoms with van der Waals surface area (Å²) in [5.74, 6) is 0. The lowest BCUT2D eigenvalue weighted by Gasteiger charge is -2.15. The third-order valence-electron chi connectivity index (χ3n) is 3.26. The highest BCUT2D eigenvalue weighted by Gasteiger charge is 2.14. The fraction of sp³-hybridized carbons (Fsp3) is 0.385. The third kappa shape index (κ3) is 2.31. The van der Waals surface area contributed by atoms with Gasteiger partial charge in [-0.3, -0.25) is 13.9 Å². The van der Waals surface area contributed by atoms with E-state index in [4.69, 9.17) is 11.6 Å². The maximum atomic E-state index is 12.4. The second-order valence-electron chi connectivity index (χ2n) is 4.58. The zero-order chi connectivity index (χ0) is 14.2. The summed E-state index contributed by atoms with van der Waals surface area (Å²) in [7, 11) is 3.41. The van der Waals surface area contributed by atoms with Gasteiger partial charge in [0.1, 0.15) is 0 Å². The molecule has 1 unspecified atom stereocenters. The Morgan fingerprint density at radius 3 is 2.68 bits per heavy atom. The standard InChI is InChI=1S/C13H16ClN3O2/c1-8(15-2)7-17-12(18)9-5-4-6-10(14)11(9)16(3)13(17)19/h4-6,8,15H,7H2,1-3H3. The number of likely N-dealkylation sites (N-methyl/N-ethyl adjacent to an activating group) is 1. The van der Waals surface area contributed by atoms with Crippen LogP contribution in [0.2, 0.25) is 5.02 Å². The molecule has 0 amide bonds. The first-order valence-corrected chi connectivity index (χ1v) is 6.40. The van der Waals surface area contributed by atoms with Gasteiger partial charge in [0, 0.05) is 19.6 Å². The summed E-state index contributed by atoms with van der Waals surface area (Å²) in [6, 6.07) is 5.09. The lowest BCUT2D eigenvalue weighted by molar-refractivity contribution is 0.483. The van der Waals surface area contributed by atoms with E-state index in [1.807, 2.05) is 6.92 Å². The predicted octanol–water partition coefficient (Wildman–Crippen LogP) is 0.961. The van der Waals surface area contributed by atoms with Gasteiger partial charge in [-0.1, -0.05) is 17.7 Å². The Balaban J connectivity index is 2.82. The van der Waals surface area contributed by atoms with Gasteiger partial charge >= 0.3 is 5.69 Å². The Kier molecular flexibility index (Phi) is 3.78. The van der Waals surface area contributed by atoms with Crippen molar-refractivity contribution in [2.45, 2.75) is 19.5 Å². The van der Waals surface area contributed by atoms with Crippen LogP contribution in [0.1, 0.15) is 6.92 Å². The molecule has 0 bridgehead atoms. The molecular weight excluding hydrogens is 266 g/mol. The van der Waals surface area contributed by atoms with Gasteiger partial charge in [0.15, 0.2) is 0 Å². The van der Waals surface area contributed by atoms with Crippen LogP contribution in [-0.2, 0) is 13.6 Å².